The lowest BCUT2D eigenvalue weighted by Crippen LogP contribution is -2.32. The van der Waals surface area contributed by atoms with E-state index in [1.54, 1.807) is 0 Å². The lowest BCUT2D eigenvalue weighted by molar-refractivity contribution is 0.0783. The Hall–Kier alpha value is -1.85. The monoisotopic (exact) mass is 334 g/mol. The van der Waals surface area contributed by atoms with Gasteiger partial charge in [-0.2, -0.15) is 5.10 Å². The average molecular weight is 335 g/mol. The molecule has 2 atom stereocenters. The van der Waals surface area contributed by atoms with Crippen LogP contribution in [0.2, 0.25) is 0 Å². The second kappa shape index (κ2) is 7.15. The fraction of sp³-hybridized carbons (Fsp3) is 0.412. The molecule has 0 saturated carbocycles. The Morgan fingerprint density at radius 1 is 1.30 bits per heavy atom. The van der Waals surface area contributed by atoms with E-state index in [0.717, 1.165) is 5.69 Å². The number of aromatic nitrogens is 2. The van der Waals surface area contributed by atoms with Gasteiger partial charge in [-0.05, 0) is 17.5 Å². The van der Waals surface area contributed by atoms with Gasteiger partial charge in [0, 0.05) is 30.7 Å². The van der Waals surface area contributed by atoms with Crippen molar-refractivity contribution in [2.24, 2.45) is 5.73 Å². The van der Waals surface area contributed by atoms with Crippen molar-refractivity contribution in [1.82, 2.24) is 15.1 Å². The van der Waals surface area contributed by atoms with Crippen LogP contribution in [0.4, 0.5) is 0 Å². The Morgan fingerprint density at radius 3 is 2.61 bits per heavy atom. The summed E-state index contributed by atoms with van der Waals surface area (Å²) in [4.78, 5) is 14.4. The van der Waals surface area contributed by atoms with E-state index in [1.807, 2.05) is 29.2 Å². The molecule has 0 bridgehead atoms. The number of amides is 1. The predicted octanol–water partition coefficient (Wildman–Crippen LogP) is 2.52. The second-order valence-corrected chi connectivity index (χ2v) is 6.25. The minimum Gasteiger partial charge on any atom is -0.335 e. The highest BCUT2D eigenvalue weighted by Crippen LogP contribution is 2.27. The summed E-state index contributed by atoms with van der Waals surface area (Å²) in [7, 11) is 0. The van der Waals surface area contributed by atoms with Gasteiger partial charge in [0.2, 0.25) is 0 Å². The summed E-state index contributed by atoms with van der Waals surface area (Å²) < 4.78 is 0. The number of nitrogens with one attached hydrogen (secondary N) is 1. The summed E-state index contributed by atoms with van der Waals surface area (Å²) in [6.07, 6.45) is 0. The molecule has 2 aromatic rings. The Morgan fingerprint density at radius 2 is 2.00 bits per heavy atom. The van der Waals surface area contributed by atoms with Gasteiger partial charge in [-0.15, -0.1) is 12.4 Å². The largest absolute Gasteiger partial charge is 0.335 e. The molecule has 1 aliphatic heterocycles. The van der Waals surface area contributed by atoms with Gasteiger partial charge >= 0.3 is 0 Å². The Balaban J connectivity index is 0.00000192. The lowest BCUT2D eigenvalue weighted by atomic mass is 9.95. The molecule has 0 unspecified atom stereocenters. The van der Waals surface area contributed by atoms with Gasteiger partial charge in [0.1, 0.15) is 5.69 Å². The van der Waals surface area contributed by atoms with Crippen molar-refractivity contribution in [3.63, 3.8) is 0 Å². The third kappa shape index (κ3) is 3.57. The zero-order valence-electron chi connectivity index (χ0n) is 13.4. The molecule has 1 aromatic carbocycles. The first-order valence-corrected chi connectivity index (χ1v) is 7.71. The van der Waals surface area contributed by atoms with Crippen molar-refractivity contribution in [3.05, 3.63) is 53.3 Å². The van der Waals surface area contributed by atoms with Gasteiger partial charge in [-0.1, -0.05) is 44.2 Å². The molecule has 5 nitrogen and oxygen atoms in total. The van der Waals surface area contributed by atoms with E-state index in [4.69, 9.17) is 5.73 Å². The number of hydrogen-bond acceptors (Lipinski definition) is 3. The summed E-state index contributed by atoms with van der Waals surface area (Å²) >= 11 is 0. The molecule has 1 saturated heterocycles. The third-order valence-electron chi connectivity index (χ3n) is 4.32. The first-order chi connectivity index (χ1) is 10.6. The molecular weight excluding hydrogens is 312 g/mol. The predicted molar refractivity (Wildman–Crippen MR) is 93.0 cm³/mol. The van der Waals surface area contributed by atoms with Crippen molar-refractivity contribution in [2.75, 3.05) is 13.1 Å². The number of aromatic amines is 1. The lowest BCUT2D eigenvalue weighted by Gasteiger charge is -2.15. The van der Waals surface area contributed by atoms with Gasteiger partial charge in [0.15, 0.2) is 0 Å². The van der Waals surface area contributed by atoms with Crippen molar-refractivity contribution >= 4 is 18.3 Å². The molecule has 3 rings (SSSR count). The van der Waals surface area contributed by atoms with E-state index in [0.29, 0.717) is 24.7 Å². The maximum absolute atomic E-state index is 12.6. The summed E-state index contributed by atoms with van der Waals surface area (Å²) in [5.74, 6) is 0.470. The van der Waals surface area contributed by atoms with Gasteiger partial charge in [0.25, 0.3) is 5.91 Å². The molecular formula is C17H23ClN4O. The van der Waals surface area contributed by atoms with Crippen LogP contribution in [-0.2, 0) is 0 Å². The molecule has 6 heteroatoms. The SMILES string of the molecule is CC(C)c1cc(C(=O)N2C[C@@H](N)[C@H](c3ccccc3)C2)n[nH]1.Cl. The minimum absolute atomic E-state index is 0. The van der Waals surface area contributed by atoms with Crippen LogP contribution in [0.3, 0.4) is 0 Å². The highest BCUT2D eigenvalue weighted by molar-refractivity contribution is 5.92. The van der Waals surface area contributed by atoms with Gasteiger partial charge < -0.3 is 10.6 Å². The normalized spacial score (nSPS) is 20.6. The number of halogens is 1. The van der Waals surface area contributed by atoms with E-state index in [2.05, 4.69) is 36.2 Å². The highest BCUT2D eigenvalue weighted by Gasteiger charge is 2.34. The number of carbonyl (C=O) groups excluding carboxylic acids is 1. The fourth-order valence-electron chi connectivity index (χ4n) is 2.95. The molecule has 2 heterocycles. The molecule has 0 aliphatic carbocycles. The zero-order valence-corrected chi connectivity index (χ0v) is 14.2. The standard InChI is InChI=1S/C17H22N4O.ClH/c1-11(2)15-8-16(20-19-15)17(22)21-9-13(14(18)10-21)12-6-4-3-5-7-12;/h3-8,11,13-14H,9-10,18H2,1-2H3,(H,19,20);1H/t13-,14+;/m0./s1. The molecule has 23 heavy (non-hydrogen) atoms. The number of rotatable bonds is 3. The van der Waals surface area contributed by atoms with Crippen LogP contribution in [0, 0.1) is 0 Å². The van der Waals surface area contributed by atoms with E-state index < -0.39 is 0 Å². The summed E-state index contributed by atoms with van der Waals surface area (Å²) in [5, 5.41) is 7.08. The van der Waals surface area contributed by atoms with Gasteiger partial charge in [-0.25, -0.2) is 0 Å². The first kappa shape index (κ1) is 17.5. The van der Waals surface area contributed by atoms with Crippen LogP contribution in [0.15, 0.2) is 36.4 Å². The number of benzene rings is 1. The average Bonchev–Trinajstić information content (AvgIpc) is 3.14. The number of likely N-dealkylation sites (tertiary alicyclic amines) is 1. The minimum atomic E-state index is -0.0444. The summed E-state index contributed by atoms with van der Waals surface area (Å²) in [6.45, 7) is 5.36. The van der Waals surface area contributed by atoms with Crippen LogP contribution in [0.1, 0.15) is 47.4 Å². The Labute approximate surface area is 142 Å². The highest BCUT2D eigenvalue weighted by atomic mass is 35.5. The zero-order chi connectivity index (χ0) is 15.7. The summed E-state index contributed by atoms with van der Waals surface area (Å²) in [6, 6.07) is 12.0. The molecule has 3 N–H and O–H groups in total. The van der Waals surface area contributed by atoms with E-state index in [9.17, 15) is 4.79 Å². The van der Waals surface area contributed by atoms with Crippen molar-refractivity contribution in [1.29, 1.82) is 0 Å². The number of H-pyrrole nitrogens is 1. The Kier molecular flexibility index (Phi) is 5.44. The number of hydrogen-bond donors (Lipinski definition) is 2. The van der Waals surface area contributed by atoms with E-state index >= 15 is 0 Å². The quantitative estimate of drug-likeness (QED) is 0.905. The van der Waals surface area contributed by atoms with Crippen LogP contribution < -0.4 is 5.73 Å². The number of nitrogens with zero attached hydrogens (tertiary/aromatic N) is 2. The maximum Gasteiger partial charge on any atom is 0.274 e. The van der Waals surface area contributed by atoms with E-state index in [-0.39, 0.29) is 30.3 Å². The molecule has 1 aromatic heterocycles. The molecule has 1 amide bonds. The van der Waals surface area contributed by atoms with Crippen LogP contribution in [0.25, 0.3) is 0 Å². The molecule has 1 aliphatic rings. The summed E-state index contributed by atoms with van der Waals surface area (Å²) in [5.41, 5.74) is 8.89. The topological polar surface area (TPSA) is 75.0 Å². The third-order valence-corrected chi connectivity index (χ3v) is 4.32. The van der Waals surface area contributed by atoms with Crippen LogP contribution in [-0.4, -0.2) is 40.1 Å². The maximum atomic E-state index is 12.6. The Bertz CT molecular complexity index is 656. The molecule has 0 radical (unpaired) electrons. The number of carbonyl (C=O) groups is 1. The smallest absolute Gasteiger partial charge is 0.274 e. The van der Waals surface area contributed by atoms with Crippen molar-refractivity contribution in [2.45, 2.75) is 31.7 Å². The second-order valence-electron chi connectivity index (χ2n) is 6.25. The fourth-order valence-corrected chi connectivity index (χ4v) is 2.95. The van der Waals surface area contributed by atoms with Crippen LogP contribution >= 0.6 is 12.4 Å². The first-order valence-electron chi connectivity index (χ1n) is 7.71. The molecule has 1 fully saturated rings. The van der Waals surface area contributed by atoms with Crippen molar-refractivity contribution in [3.8, 4) is 0 Å². The number of nitrogens with two attached hydrogens (primary N) is 1. The van der Waals surface area contributed by atoms with Crippen LogP contribution in [0.5, 0.6) is 0 Å². The molecule has 0 spiro atoms. The molecule has 124 valence electrons. The van der Waals surface area contributed by atoms with Crippen molar-refractivity contribution < 1.29 is 4.79 Å². The van der Waals surface area contributed by atoms with Gasteiger partial charge in [0.05, 0.1) is 0 Å². The van der Waals surface area contributed by atoms with E-state index in [1.165, 1.54) is 5.56 Å². The van der Waals surface area contributed by atoms with Gasteiger partial charge in [-0.3, -0.25) is 9.89 Å².